The van der Waals surface area contributed by atoms with Crippen molar-refractivity contribution in [3.05, 3.63) is 45.6 Å². The number of fused-ring (bicyclic) bond motifs is 1. The van der Waals surface area contributed by atoms with Gasteiger partial charge in [0, 0.05) is 16.2 Å². The molecule has 1 amide bonds. The van der Waals surface area contributed by atoms with E-state index < -0.39 is 0 Å². The van der Waals surface area contributed by atoms with Crippen LogP contribution >= 0.6 is 22.9 Å². The summed E-state index contributed by atoms with van der Waals surface area (Å²) in [7, 11) is 0. The number of benzene rings is 1. The molecule has 0 atom stereocenters. The summed E-state index contributed by atoms with van der Waals surface area (Å²) in [6.45, 7) is 2.09. The minimum absolute atomic E-state index is 0.251. The van der Waals surface area contributed by atoms with E-state index in [4.69, 9.17) is 21.9 Å². The fourth-order valence-electron chi connectivity index (χ4n) is 2.05. The number of aryl methyl sites for hydroxylation is 1. The van der Waals surface area contributed by atoms with Crippen LogP contribution in [0.2, 0.25) is 5.02 Å². The summed E-state index contributed by atoms with van der Waals surface area (Å²) in [4.78, 5) is 12.7. The Morgan fingerprint density at radius 2 is 2.33 bits per heavy atom. The molecule has 0 saturated heterocycles. The topological polar surface area (TPSA) is 81.2 Å². The van der Waals surface area contributed by atoms with E-state index in [2.05, 4.69) is 10.5 Å². The predicted octanol–water partition coefficient (Wildman–Crippen LogP) is 3.36. The summed E-state index contributed by atoms with van der Waals surface area (Å²) in [5.74, 6) is 0.345. The molecule has 3 rings (SSSR count). The molecule has 7 heteroatoms. The van der Waals surface area contributed by atoms with Crippen LogP contribution in [0.25, 0.3) is 10.1 Å². The third-order valence-electron chi connectivity index (χ3n) is 3.01. The monoisotopic (exact) mass is 321 g/mol. The van der Waals surface area contributed by atoms with Gasteiger partial charge in [-0.25, -0.2) is 0 Å². The van der Waals surface area contributed by atoms with Crippen LogP contribution in [0, 0.1) is 6.92 Å². The summed E-state index contributed by atoms with van der Waals surface area (Å²) in [5.41, 5.74) is 7.22. The lowest BCUT2D eigenvalue weighted by Crippen LogP contribution is -2.22. The quantitative estimate of drug-likeness (QED) is 0.775. The number of nitrogens with one attached hydrogen (secondary N) is 1. The number of nitrogen functional groups attached to an aromatic ring is 1. The molecule has 2 heterocycles. The van der Waals surface area contributed by atoms with Crippen molar-refractivity contribution in [2.45, 2.75) is 13.5 Å². The first-order valence-electron chi connectivity index (χ1n) is 6.23. The van der Waals surface area contributed by atoms with Crippen molar-refractivity contribution in [2.24, 2.45) is 0 Å². The first-order valence-corrected chi connectivity index (χ1v) is 7.42. The van der Waals surface area contributed by atoms with Crippen LogP contribution in [0.5, 0.6) is 0 Å². The van der Waals surface area contributed by atoms with Gasteiger partial charge < -0.3 is 15.6 Å². The molecular formula is C14H12ClN3O2S. The molecule has 3 aromatic rings. The van der Waals surface area contributed by atoms with E-state index in [1.807, 2.05) is 19.1 Å². The highest BCUT2D eigenvalue weighted by Crippen LogP contribution is 2.37. The molecule has 0 radical (unpaired) electrons. The largest absolute Gasteiger partial charge is 0.397 e. The lowest BCUT2D eigenvalue weighted by Gasteiger charge is -2.01. The van der Waals surface area contributed by atoms with Crippen molar-refractivity contribution in [3.8, 4) is 0 Å². The molecule has 3 N–H and O–H groups in total. The number of carbonyl (C=O) groups is 1. The van der Waals surface area contributed by atoms with Crippen LogP contribution in [0.3, 0.4) is 0 Å². The molecule has 108 valence electrons. The Hall–Kier alpha value is -2.05. The van der Waals surface area contributed by atoms with E-state index in [0.29, 0.717) is 21.3 Å². The van der Waals surface area contributed by atoms with Crippen molar-refractivity contribution in [2.75, 3.05) is 5.73 Å². The number of carbonyl (C=O) groups excluding carboxylic acids is 1. The zero-order valence-electron chi connectivity index (χ0n) is 11.1. The first-order chi connectivity index (χ1) is 10.1. The third-order valence-corrected chi connectivity index (χ3v) is 4.49. The summed E-state index contributed by atoms with van der Waals surface area (Å²) >= 11 is 7.45. The molecule has 1 aromatic carbocycles. The van der Waals surface area contributed by atoms with Gasteiger partial charge in [0.05, 0.1) is 22.9 Å². The number of nitrogens with zero attached hydrogens (tertiary/aromatic N) is 1. The molecule has 0 aliphatic carbocycles. The molecule has 0 unspecified atom stereocenters. The van der Waals surface area contributed by atoms with Gasteiger partial charge in [-0.3, -0.25) is 4.79 Å². The van der Waals surface area contributed by atoms with Gasteiger partial charge in [-0.1, -0.05) is 22.8 Å². The van der Waals surface area contributed by atoms with Crippen molar-refractivity contribution in [1.82, 2.24) is 10.5 Å². The fraction of sp³-hybridized carbons (Fsp3) is 0.143. The van der Waals surface area contributed by atoms with Gasteiger partial charge >= 0.3 is 0 Å². The standard InChI is InChI=1S/C14H12ClN3O2S/c1-7-5-8(20-18-7)6-17-14(19)13-12(16)11-9(15)3-2-4-10(11)21-13/h2-5H,6,16H2,1H3,(H,17,19). The van der Waals surface area contributed by atoms with Crippen molar-refractivity contribution >= 4 is 44.6 Å². The maximum Gasteiger partial charge on any atom is 0.263 e. The van der Waals surface area contributed by atoms with Crippen LogP contribution < -0.4 is 11.1 Å². The number of rotatable bonds is 3. The van der Waals surface area contributed by atoms with Crippen LogP contribution in [0.15, 0.2) is 28.8 Å². The van der Waals surface area contributed by atoms with E-state index in [1.54, 1.807) is 12.1 Å². The minimum Gasteiger partial charge on any atom is -0.397 e. The Kier molecular flexibility index (Phi) is 3.57. The average Bonchev–Trinajstić information content (AvgIpc) is 3.01. The zero-order chi connectivity index (χ0) is 15.0. The molecular weight excluding hydrogens is 310 g/mol. The number of halogens is 1. The molecule has 0 spiro atoms. The summed E-state index contributed by atoms with van der Waals surface area (Å²) in [6.07, 6.45) is 0. The highest BCUT2D eigenvalue weighted by molar-refractivity contribution is 7.21. The normalized spacial score (nSPS) is 11.0. The summed E-state index contributed by atoms with van der Waals surface area (Å²) in [5, 5.41) is 7.80. The fourth-order valence-corrected chi connectivity index (χ4v) is 3.44. The minimum atomic E-state index is -0.251. The predicted molar refractivity (Wildman–Crippen MR) is 83.7 cm³/mol. The molecule has 0 bridgehead atoms. The van der Waals surface area contributed by atoms with E-state index >= 15 is 0 Å². The number of aromatic nitrogens is 1. The van der Waals surface area contributed by atoms with E-state index in [0.717, 1.165) is 15.8 Å². The average molecular weight is 322 g/mol. The smallest absolute Gasteiger partial charge is 0.263 e. The molecule has 21 heavy (non-hydrogen) atoms. The zero-order valence-corrected chi connectivity index (χ0v) is 12.7. The number of nitrogens with two attached hydrogens (primary N) is 1. The van der Waals surface area contributed by atoms with Crippen LogP contribution in [0.4, 0.5) is 5.69 Å². The van der Waals surface area contributed by atoms with Crippen molar-refractivity contribution in [1.29, 1.82) is 0 Å². The molecule has 2 aromatic heterocycles. The van der Waals surface area contributed by atoms with Crippen molar-refractivity contribution < 1.29 is 9.32 Å². The second-order valence-corrected chi connectivity index (χ2v) is 6.03. The van der Waals surface area contributed by atoms with E-state index in [-0.39, 0.29) is 12.5 Å². The van der Waals surface area contributed by atoms with Crippen molar-refractivity contribution in [3.63, 3.8) is 0 Å². The van der Waals surface area contributed by atoms with Crippen LogP contribution in [-0.2, 0) is 6.54 Å². The highest BCUT2D eigenvalue weighted by atomic mass is 35.5. The third kappa shape index (κ3) is 2.59. The Balaban J connectivity index is 1.84. The van der Waals surface area contributed by atoms with E-state index in [1.165, 1.54) is 11.3 Å². The first kappa shape index (κ1) is 13.9. The Morgan fingerprint density at radius 3 is 3.00 bits per heavy atom. The molecule has 5 nitrogen and oxygen atoms in total. The summed E-state index contributed by atoms with van der Waals surface area (Å²) in [6, 6.07) is 7.25. The van der Waals surface area contributed by atoms with Gasteiger partial charge in [0.1, 0.15) is 4.88 Å². The molecule has 0 aliphatic rings. The van der Waals surface area contributed by atoms with Crippen LogP contribution in [-0.4, -0.2) is 11.1 Å². The second kappa shape index (κ2) is 5.38. The van der Waals surface area contributed by atoms with Gasteiger partial charge in [-0.15, -0.1) is 11.3 Å². The van der Waals surface area contributed by atoms with Gasteiger partial charge in [-0.05, 0) is 19.1 Å². The van der Waals surface area contributed by atoms with Crippen LogP contribution in [0.1, 0.15) is 21.1 Å². The Labute approximate surface area is 129 Å². The maximum absolute atomic E-state index is 12.2. The summed E-state index contributed by atoms with van der Waals surface area (Å²) < 4.78 is 5.93. The van der Waals surface area contributed by atoms with Gasteiger partial charge in [0.25, 0.3) is 5.91 Å². The SMILES string of the molecule is Cc1cc(CNC(=O)c2sc3cccc(Cl)c3c2N)on1. The highest BCUT2D eigenvalue weighted by Gasteiger charge is 2.18. The van der Waals surface area contributed by atoms with Gasteiger partial charge in [0.15, 0.2) is 5.76 Å². The second-order valence-electron chi connectivity index (χ2n) is 4.58. The maximum atomic E-state index is 12.2. The number of amides is 1. The molecule has 0 saturated carbocycles. The lowest BCUT2D eigenvalue weighted by molar-refractivity contribution is 0.0952. The van der Waals surface area contributed by atoms with Gasteiger partial charge in [0.2, 0.25) is 0 Å². The Morgan fingerprint density at radius 1 is 1.52 bits per heavy atom. The van der Waals surface area contributed by atoms with E-state index in [9.17, 15) is 4.79 Å². The number of hydrogen-bond acceptors (Lipinski definition) is 5. The lowest BCUT2D eigenvalue weighted by atomic mass is 10.2. The number of hydrogen-bond donors (Lipinski definition) is 2. The van der Waals surface area contributed by atoms with Gasteiger partial charge in [-0.2, -0.15) is 0 Å². The number of thiophene rings is 1. The molecule has 0 aliphatic heterocycles. The Bertz CT molecular complexity index is 825. The number of anilines is 1. The molecule has 0 fully saturated rings.